The molecule has 0 saturated carbocycles. The standard InChI is InChI=1S/C19H18F3N3O5/c1-3-28-17(27)18(10-29-15(23-18)12-7-5-4-6-8-12)11-30-16(26)13-9-25(2)24-14(13)19(20,21)22/h4-9H,3,10-11H2,1-2H3/t18-/m1/s1. The minimum atomic E-state index is -4.84. The maximum atomic E-state index is 13.1. The Hall–Kier alpha value is -3.37. The van der Waals surface area contributed by atoms with E-state index in [1.165, 1.54) is 7.05 Å². The molecule has 8 nitrogen and oxygen atoms in total. The molecule has 1 aliphatic heterocycles. The van der Waals surface area contributed by atoms with Crippen LogP contribution in [0.3, 0.4) is 0 Å². The molecule has 1 atom stereocenters. The van der Waals surface area contributed by atoms with Crippen molar-refractivity contribution in [2.24, 2.45) is 12.0 Å². The zero-order valence-electron chi connectivity index (χ0n) is 16.1. The van der Waals surface area contributed by atoms with Crippen LogP contribution in [0.15, 0.2) is 41.5 Å². The molecule has 30 heavy (non-hydrogen) atoms. The molecule has 1 aromatic heterocycles. The number of aliphatic imine (C=N–C) groups is 1. The summed E-state index contributed by atoms with van der Waals surface area (Å²) in [7, 11) is 1.24. The molecule has 0 spiro atoms. The van der Waals surface area contributed by atoms with E-state index in [0.717, 1.165) is 10.9 Å². The minimum Gasteiger partial charge on any atom is -0.474 e. The molecule has 2 heterocycles. The molecule has 0 N–H and O–H groups in total. The van der Waals surface area contributed by atoms with Gasteiger partial charge in [-0.3, -0.25) is 4.68 Å². The molecule has 0 aliphatic carbocycles. The first kappa shape index (κ1) is 21.3. The molecule has 1 aromatic carbocycles. The molecule has 0 amide bonds. The summed E-state index contributed by atoms with van der Waals surface area (Å²) < 4.78 is 55.7. The molecule has 0 radical (unpaired) electrons. The molecule has 3 rings (SSSR count). The summed E-state index contributed by atoms with van der Waals surface area (Å²) in [6.07, 6.45) is -3.95. The van der Waals surface area contributed by atoms with Gasteiger partial charge in [-0.25, -0.2) is 14.6 Å². The van der Waals surface area contributed by atoms with E-state index in [4.69, 9.17) is 14.2 Å². The normalized spacial score (nSPS) is 18.5. The zero-order chi connectivity index (χ0) is 21.9. The molecule has 1 aliphatic rings. The number of hydrogen-bond acceptors (Lipinski definition) is 7. The van der Waals surface area contributed by atoms with Crippen molar-refractivity contribution in [2.45, 2.75) is 18.6 Å². The van der Waals surface area contributed by atoms with Gasteiger partial charge in [-0.05, 0) is 19.1 Å². The number of aromatic nitrogens is 2. The van der Waals surface area contributed by atoms with E-state index in [9.17, 15) is 22.8 Å². The van der Waals surface area contributed by atoms with E-state index in [1.807, 2.05) is 0 Å². The number of aryl methyl sites for hydroxylation is 1. The van der Waals surface area contributed by atoms with Gasteiger partial charge < -0.3 is 14.2 Å². The van der Waals surface area contributed by atoms with Crippen molar-refractivity contribution in [1.82, 2.24) is 9.78 Å². The number of alkyl halides is 3. The van der Waals surface area contributed by atoms with E-state index in [0.29, 0.717) is 5.56 Å². The first-order valence-electron chi connectivity index (χ1n) is 8.89. The number of carbonyl (C=O) groups is 2. The lowest BCUT2D eigenvalue weighted by molar-refractivity contribution is -0.152. The van der Waals surface area contributed by atoms with Crippen LogP contribution in [0, 0.1) is 0 Å². The highest BCUT2D eigenvalue weighted by Crippen LogP contribution is 2.31. The summed E-state index contributed by atoms with van der Waals surface area (Å²) in [6, 6.07) is 8.68. The fraction of sp³-hybridized carbons (Fsp3) is 0.368. The fourth-order valence-electron chi connectivity index (χ4n) is 2.79. The van der Waals surface area contributed by atoms with E-state index < -0.39 is 41.5 Å². The number of carbonyl (C=O) groups excluding carboxylic acids is 2. The lowest BCUT2D eigenvalue weighted by atomic mass is 10.0. The number of nitrogens with zero attached hydrogens (tertiary/aromatic N) is 3. The van der Waals surface area contributed by atoms with Crippen molar-refractivity contribution in [3.05, 3.63) is 53.3 Å². The molecule has 0 fully saturated rings. The SMILES string of the molecule is CCOC(=O)[C@]1(COC(=O)c2cn(C)nc2C(F)(F)F)COC(c2ccccc2)=N1. The van der Waals surface area contributed by atoms with Crippen LogP contribution in [0.1, 0.15) is 28.5 Å². The molecule has 2 aromatic rings. The van der Waals surface area contributed by atoms with Crippen LogP contribution < -0.4 is 0 Å². The van der Waals surface area contributed by atoms with E-state index in [-0.39, 0.29) is 19.1 Å². The van der Waals surface area contributed by atoms with Gasteiger partial charge in [0.05, 0.1) is 6.61 Å². The third-order valence-electron chi connectivity index (χ3n) is 4.20. The number of benzene rings is 1. The van der Waals surface area contributed by atoms with E-state index in [1.54, 1.807) is 37.3 Å². The van der Waals surface area contributed by atoms with Crippen molar-refractivity contribution < 1.29 is 37.0 Å². The Labute approximate surface area is 169 Å². The predicted octanol–water partition coefficient (Wildman–Crippen LogP) is 2.37. The lowest BCUT2D eigenvalue weighted by Crippen LogP contribution is -2.45. The number of esters is 2. The first-order chi connectivity index (χ1) is 14.2. The van der Waals surface area contributed by atoms with Crippen LogP contribution in [0.2, 0.25) is 0 Å². The van der Waals surface area contributed by atoms with Crippen molar-refractivity contribution in [3.8, 4) is 0 Å². The van der Waals surface area contributed by atoms with Crippen molar-refractivity contribution in [2.75, 3.05) is 19.8 Å². The quantitative estimate of drug-likeness (QED) is 0.660. The van der Waals surface area contributed by atoms with Crippen molar-refractivity contribution >= 4 is 17.8 Å². The topological polar surface area (TPSA) is 92.0 Å². The second-order valence-electron chi connectivity index (χ2n) is 6.46. The van der Waals surface area contributed by atoms with E-state index in [2.05, 4.69) is 10.1 Å². The van der Waals surface area contributed by atoms with Gasteiger partial charge in [0.1, 0.15) is 18.8 Å². The molecule has 160 valence electrons. The maximum Gasteiger partial charge on any atom is 0.436 e. The third kappa shape index (κ3) is 4.29. The van der Waals surface area contributed by atoms with E-state index >= 15 is 0 Å². The van der Waals surface area contributed by atoms with Gasteiger partial charge in [-0.15, -0.1) is 0 Å². The zero-order valence-corrected chi connectivity index (χ0v) is 16.1. The first-order valence-corrected chi connectivity index (χ1v) is 8.89. The Morgan fingerprint density at radius 2 is 1.93 bits per heavy atom. The van der Waals surface area contributed by atoms with Gasteiger partial charge in [-0.2, -0.15) is 18.3 Å². The molecule has 11 heteroatoms. The molecule has 0 bridgehead atoms. The highest BCUT2D eigenvalue weighted by atomic mass is 19.4. The summed E-state index contributed by atoms with van der Waals surface area (Å²) in [4.78, 5) is 29.1. The fourth-order valence-corrected chi connectivity index (χ4v) is 2.79. The Bertz CT molecular complexity index is 972. The molecule has 0 saturated heterocycles. The summed E-state index contributed by atoms with van der Waals surface area (Å²) in [5.41, 5.74) is -3.29. The summed E-state index contributed by atoms with van der Waals surface area (Å²) in [5, 5.41) is 3.26. The number of hydrogen-bond donors (Lipinski definition) is 0. The van der Waals surface area contributed by atoms with Crippen LogP contribution in [-0.2, 0) is 32.2 Å². The highest BCUT2D eigenvalue weighted by Gasteiger charge is 2.48. The monoisotopic (exact) mass is 425 g/mol. The Morgan fingerprint density at radius 1 is 1.23 bits per heavy atom. The minimum absolute atomic E-state index is 0.0333. The Morgan fingerprint density at radius 3 is 2.57 bits per heavy atom. The van der Waals surface area contributed by atoms with Gasteiger partial charge in [0.2, 0.25) is 11.4 Å². The van der Waals surface area contributed by atoms with Gasteiger partial charge in [0.15, 0.2) is 5.69 Å². The number of halogens is 3. The average Bonchev–Trinajstić information content (AvgIpc) is 3.32. The van der Waals surface area contributed by atoms with Gasteiger partial charge in [-0.1, -0.05) is 18.2 Å². The molecular formula is C19H18F3N3O5. The van der Waals surface area contributed by atoms with Gasteiger partial charge in [0, 0.05) is 18.8 Å². The van der Waals surface area contributed by atoms with Crippen LogP contribution >= 0.6 is 0 Å². The molecular weight excluding hydrogens is 407 g/mol. The van der Waals surface area contributed by atoms with Crippen LogP contribution in [0.5, 0.6) is 0 Å². The van der Waals surface area contributed by atoms with Crippen molar-refractivity contribution in [1.29, 1.82) is 0 Å². The van der Waals surface area contributed by atoms with Crippen LogP contribution in [0.25, 0.3) is 0 Å². The second kappa shape index (κ2) is 8.17. The average molecular weight is 425 g/mol. The Balaban J connectivity index is 1.85. The van der Waals surface area contributed by atoms with Crippen molar-refractivity contribution in [3.63, 3.8) is 0 Å². The van der Waals surface area contributed by atoms with Crippen LogP contribution in [0.4, 0.5) is 13.2 Å². The second-order valence-corrected chi connectivity index (χ2v) is 6.46. The highest BCUT2D eigenvalue weighted by molar-refractivity contribution is 5.99. The van der Waals surface area contributed by atoms with Gasteiger partial charge in [0.25, 0.3) is 0 Å². The molecule has 0 unspecified atom stereocenters. The van der Waals surface area contributed by atoms with Crippen LogP contribution in [-0.4, -0.2) is 53.0 Å². The maximum absolute atomic E-state index is 13.1. The number of ether oxygens (including phenoxy) is 3. The lowest BCUT2D eigenvalue weighted by Gasteiger charge is -2.21. The largest absolute Gasteiger partial charge is 0.474 e. The summed E-state index contributed by atoms with van der Waals surface area (Å²) in [5.74, 6) is -1.97. The summed E-state index contributed by atoms with van der Waals surface area (Å²) >= 11 is 0. The smallest absolute Gasteiger partial charge is 0.436 e. The predicted molar refractivity (Wildman–Crippen MR) is 96.8 cm³/mol. The summed E-state index contributed by atoms with van der Waals surface area (Å²) in [6.45, 7) is 0.668. The van der Waals surface area contributed by atoms with Gasteiger partial charge >= 0.3 is 18.1 Å². The third-order valence-corrected chi connectivity index (χ3v) is 4.20. The Kier molecular flexibility index (Phi) is 5.81. The number of rotatable bonds is 6.